The van der Waals surface area contributed by atoms with Crippen molar-refractivity contribution in [1.29, 1.82) is 0 Å². The molecule has 0 saturated carbocycles. The molecular weight excluding hydrogens is 378 g/mol. The maximum Gasteiger partial charge on any atom is 0.342 e. The second-order valence-electron chi connectivity index (χ2n) is 5.89. The van der Waals surface area contributed by atoms with Gasteiger partial charge in [0.1, 0.15) is 11.3 Å². The average molecular weight is 400 g/mol. The van der Waals surface area contributed by atoms with Gasteiger partial charge in [0.15, 0.2) is 6.61 Å². The van der Waals surface area contributed by atoms with E-state index >= 15 is 0 Å². The van der Waals surface area contributed by atoms with Crippen LogP contribution in [0.5, 0.6) is 5.75 Å². The van der Waals surface area contributed by atoms with Crippen molar-refractivity contribution in [3.8, 4) is 5.75 Å². The van der Waals surface area contributed by atoms with Crippen molar-refractivity contribution in [3.63, 3.8) is 0 Å². The number of methoxy groups -OCH3 is 1. The fourth-order valence-electron chi connectivity index (χ4n) is 2.42. The van der Waals surface area contributed by atoms with E-state index in [1.165, 1.54) is 31.2 Å². The first-order valence-electron chi connectivity index (χ1n) is 8.23. The molecule has 1 aliphatic heterocycles. The minimum absolute atomic E-state index is 0.0524. The Morgan fingerprint density at radius 3 is 2.59 bits per heavy atom. The number of nitrogens with zero attached hydrogens (tertiary/aromatic N) is 2. The third-order valence-corrected chi connectivity index (χ3v) is 4.35. The number of hydrogen-bond acceptors (Lipinski definition) is 7. The van der Waals surface area contributed by atoms with Crippen LogP contribution in [0.1, 0.15) is 10.4 Å². The van der Waals surface area contributed by atoms with E-state index in [9.17, 15) is 14.4 Å². The predicted octanol–water partition coefficient (Wildman–Crippen LogP) is 0.405. The molecule has 2 N–H and O–H groups in total. The molecule has 1 heterocycles. The molecule has 1 saturated heterocycles. The van der Waals surface area contributed by atoms with Gasteiger partial charge in [-0.2, -0.15) is 0 Å². The van der Waals surface area contributed by atoms with Crippen LogP contribution in [0, 0.1) is 0 Å². The zero-order chi connectivity index (χ0) is 20.0. The van der Waals surface area contributed by atoms with Crippen LogP contribution in [-0.4, -0.2) is 81.2 Å². The lowest BCUT2D eigenvalue weighted by Crippen LogP contribution is -2.46. The SMILES string of the molecule is COc1cc(N)c(Cl)cc1C(=O)OCC(=O)N(C)CC(=O)N1CCOCC1. The summed E-state index contributed by atoms with van der Waals surface area (Å²) in [5.41, 5.74) is 5.97. The highest BCUT2D eigenvalue weighted by Gasteiger charge is 2.22. The fourth-order valence-corrected chi connectivity index (χ4v) is 2.58. The van der Waals surface area contributed by atoms with Gasteiger partial charge in [0.2, 0.25) is 5.91 Å². The lowest BCUT2D eigenvalue weighted by molar-refractivity contribution is -0.143. The lowest BCUT2D eigenvalue weighted by atomic mass is 10.2. The van der Waals surface area contributed by atoms with Crippen molar-refractivity contribution >= 4 is 35.1 Å². The Morgan fingerprint density at radius 2 is 1.96 bits per heavy atom. The number of anilines is 1. The summed E-state index contributed by atoms with van der Waals surface area (Å²) >= 11 is 5.92. The average Bonchev–Trinajstić information content (AvgIpc) is 2.67. The number of ether oxygens (including phenoxy) is 3. The largest absolute Gasteiger partial charge is 0.496 e. The van der Waals surface area contributed by atoms with E-state index in [0.717, 1.165) is 0 Å². The summed E-state index contributed by atoms with van der Waals surface area (Å²) in [5, 5.41) is 0.169. The van der Waals surface area contributed by atoms with Crippen molar-refractivity contribution in [2.75, 3.05) is 59.3 Å². The number of morpholine rings is 1. The molecule has 0 spiro atoms. The molecule has 1 aromatic carbocycles. The van der Waals surface area contributed by atoms with Crippen LogP contribution in [-0.2, 0) is 19.1 Å². The topological polar surface area (TPSA) is 111 Å². The molecule has 0 unspecified atom stereocenters. The van der Waals surface area contributed by atoms with Crippen LogP contribution in [0.15, 0.2) is 12.1 Å². The first kappa shape index (κ1) is 20.8. The Hall–Kier alpha value is -2.52. The zero-order valence-electron chi connectivity index (χ0n) is 15.2. The van der Waals surface area contributed by atoms with Gasteiger partial charge in [-0.15, -0.1) is 0 Å². The number of halogens is 1. The van der Waals surface area contributed by atoms with E-state index in [4.69, 9.17) is 31.5 Å². The molecule has 27 heavy (non-hydrogen) atoms. The van der Waals surface area contributed by atoms with Gasteiger partial charge in [-0.1, -0.05) is 11.6 Å². The van der Waals surface area contributed by atoms with Crippen molar-refractivity contribution in [2.24, 2.45) is 0 Å². The fraction of sp³-hybridized carbons (Fsp3) is 0.471. The van der Waals surface area contributed by atoms with Gasteiger partial charge in [-0.3, -0.25) is 9.59 Å². The van der Waals surface area contributed by atoms with Crippen LogP contribution < -0.4 is 10.5 Å². The van der Waals surface area contributed by atoms with Gasteiger partial charge < -0.3 is 29.7 Å². The molecule has 148 valence electrons. The van der Waals surface area contributed by atoms with Gasteiger partial charge >= 0.3 is 5.97 Å². The van der Waals surface area contributed by atoms with Gasteiger partial charge in [-0.05, 0) is 6.07 Å². The maximum atomic E-state index is 12.2. The number of nitrogens with two attached hydrogens (primary N) is 1. The molecule has 0 aliphatic carbocycles. The summed E-state index contributed by atoms with van der Waals surface area (Å²) in [7, 11) is 2.84. The molecular formula is C17H22ClN3O6. The van der Waals surface area contributed by atoms with E-state index < -0.39 is 18.5 Å². The Morgan fingerprint density at radius 1 is 1.30 bits per heavy atom. The molecule has 1 aromatic rings. The van der Waals surface area contributed by atoms with Gasteiger partial charge in [0, 0.05) is 26.2 Å². The summed E-state index contributed by atoms with van der Waals surface area (Å²) in [6, 6.07) is 2.71. The second kappa shape index (κ2) is 9.43. The summed E-state index contributed by atoms with van der Waals surface area (Å²) in [5.74, 6) is -1.29. The molecule has 9 nitrogen and oxygen atoms in total. The standard InChI is InChI=1S/C17H22ClN3O6/c1-20(9-15(22)21-3-5-26-6-4-21)16(23)10-27-17(24)11-7-12(18)13(19)8-14(11)25-2/h7-8H,3-6,9-10,19H2,1-2H3. The smallest absolute Gasteiger partial charge is 0.342 e. The number of esters is 1. The summed E-state index contributed by atoms with van der Waals surface area (Å²) in [6.07, 6.45) is 0. The minimum atomic E-state index is -0.782. The summed E-state index contributed by atoms with van der Waals surface area (Å²) < 4.78 is 15.3. The lowest BCUT2D eigenvalue weighted by Gasteiger charge is -2.28. The van der Waals surface area contributed by atoms with Crippen molar-refractivity contribution in [3.05, 3.63) is 22.7 Å². The predicted molar refractivity (Wildman–Crippen MR) is 97.7 cm³/mol. The number of carbonyl (C=O) groups excluding carboxylic acids is 3. The normalized spacial score (nSPS) is 13.8. The van der Waals surface area contributed by atoms with E-state index in [1.54, 1.807) is 4.90 Å². The van der Waals surface area contributed by atoms with Gasteiger partial charge in [-0.25, -0.2) is 4.79 Å². The molecule has 0 aromatic heterocycles. The molecule has 0 atom stereocenters. The highest BCUT2D eigenvalue weighted by atomic mass is 35.5. The maximum absolute atomic E-state index is 12.2. The van der Waals surface area contributed by atoms with Crippen molar-refractivity contribution < 1.29 is 28.6 Å². The van der Waals surface area contributed by atoms with E-state index in [1.807, 2.05) is 0 Å². The minimum Gasteiger partial charge on any atom is -0.496 e. The monoisotopic (exact) mass is 399 g/mol. The van der Waals surface area contributed by atoms with Gasteiger partial charge in [0.05, 0.1) is 37.6 Å². The number of rotatable bonds is 6. The zero-order valence-corrected chi connectivity index (χ0v) is 16.0. The van der Waals surface area contributed by atoms with Gasteiger partial charge in [0.25, 0.3) is 5.91 Å². The Labute approximate surface area is 161 Å². The van der Waals surface area contributed by atoms with Crippen molar-refractivity contribution in [2.45, 2.75) is 0 Å². The van der Waals surface area contributed by atoms with Crippen LogP contribution in [0.4, 0.5) is 5.69 Å². The number of likely N-dealkylation sites (N-methyl/N-ethyl adjacent to an activating group) is 1. The van der Waals surface area contributed by atoms with Crippen LogP contribution in [0.3, 0.4) is 0 Å². The number of hydrogen-bond donors (Lipinski definition) is 1. The molecule has 1 aliphatic rings. The quantitative estimate of drug-likeness (QED) is 0.544. The molecule has 10 heteroatoms. The van der Waals surface area contributed by atoms with E-state index in [2.05, 4.69) is 0 Å². The molecule has 1 fully saturated rings. The molecule has 0 radical (unpaired) electrons. The highest BCUT2D eigenvalue weighted by Crippen LogP contribution is 2.29. The highest BCUT2D eigenvalue weighted by molar-refractivity contribution is 6.33. The van der Waals surface area contributed by atoms with Crippen LogP contribution in [0.25, 0.3) is 0 Å². The second-order valence-corrected chi connectivity index (χ2v) is 6.30. The third-order valence-electron chi connectivity index (χ3n) is 4.03. The number of nitrogen functional groups attached to an aromatic ring is 1. The Bertz CT molecular complexity index is 721. The molecule has 0 bridgehead atoms. The summed E-state index contributed by atoms with van der Waals surface area (Å²) in [6.45, 7) is 1.32. The van der Waals surface area contributed by atoms with E-state index in [-0.39, 0.29) is 34.5 Å². The van der Waals surface area contributed by atoms with Crippen molar-refractivity contribution in [1.82, 2.24) is 9.80 Å². The Balaban J connectivity index is 1.89. The summed E-state index contributed by atoms with van der Waals surface area (Å²) in [4.78, 5) is 39.4. The first-order valence-corrected chi connectivity index (χ1v) is 8.61. The number of carbonyl (C=O) groups is 3. The van der Waals surface area contributed by atoms with E-state index in [0.29, 0.717) is 26.3 Å². The first-order chi connectivity index (χ1) is 12.8. The third kappa shape index (κ3) is 5.48. The molecule has 2 rings (SSSR count). The van der Waals surface area contributed by atoms with Crippen LogP contribution >= 0.6 is 11.6 Å². The number of benzene rings is 1. The molecule has 2 amide bonds. The van der Waals surface area contributed by atoms with Crippen LogP contribution in [0.2, 0.25) is 5.02 Å². The number of amides is 2. The Kier molecular flexibility index (Phi) is 7.26.